The van der Waals surface area contributed by atoms with E-state index in [4.69, 9.17) is 14.2 Å². The number of ether oxygens (including phenoxy) is 4. The lowest BCUT2D eigenvalue weighted by Gasteiger charge is -2.04. The van der Waals surface area contributed by atoms with Crippen LogP contribution in [-0.4, -0.2) is 50.8 Å². The number of unbranched alkanes of at least 4 members (excludes halogenated alkanes) is 21. The van der Waals surface area contributed by atoms with Gasteiger partial charge in [-0.05, 0) is 47.0 Å². The molecular formula is C47H86O8. The van der Waals surface area contributed by atoms with Crippen LogP contribution in [-0.2, 0) is 38.1 Å². The minimum atomic E-state index is -0.347. The predicted octanol–water partition coefficient (Wildman–Crippen LogP) is 13.5. The molecule has 0 fully saturated rings. The van der Waals surface area contributed by atoms with Gasteiger partial charge in [0.1, 0.15) is 0 Å². The third kappa shape index (κ3) is 53.0. The van der Waals surface area contributed by atoms with Crippen molar-refractivity contribution in [3.05, 3.63) is 48.6 Å². The highest BCUT2D eigenvalue weighted by Gasteiger charge is 2.03. The summed E-state index contributed by atoms with van der Waals surface area (Å²) in [5, 5.41) is 0. The van der Waals surface area contributed by atoms with E-state index in [1.807, 2.05) is 0 Å². The molecule has 0 saturated heterocycles. The van der Waals surface area contributed by atoms with Gasteiger partial charge < -0.3 is 18.9 Å². The zero-order valence-corrected chi connectivity index (χ0v) is 37.2. The van der Waals surface area contributed by atoms with Crippen molar-refractivity contribution < 1.29 is 38.1 Å². The first-order valence-electron chi connectivity index (χ1n) is 21.4. The normalized spacial score (nSPS) is 9.82. The van der Waals surface area contributed by atoms with Gasteiger partial charge >= 0.3 is 23.9 Å². The largest absolute Gasteiger partial charge is 0.466 e. The van der Waals surface area contributed by atoms with Crippen LogP contribution < -0.4 is 0 Å². The van der Waals surface area contributed by atoms with E-state index in [9.17, 15) is 19.2 Å². The van der Waals surface area contributed by atoms with Crippen molar-refractivity contribution in [2.75, 3.05) is 26.9 Å². The lowest BCUT2D eigenvalue weighted by molar-refractivity contribution is -0.139. The molecule has 8 heteroatoms. The summed E-state index contributed by atoms with van der Waals surface area (Å²) in [7, 11) is 1.33. The molecular weight excluding hydrogens is 693 g/mol. The Morgan fingerprint density at radius 1 is 0.327 bits per heavy atom. The molecule has 8 nitrogen and oxygen atoms in total. The summed E-state index contributed by atoms with van der Waals surface area (Å²) in [5.74, 6) is -1.15. The van der Waals surface area contributed by atoms with Crippen LogP contribution in [0.25, 0.3) is 0 Å². The van der Waals surface area contributed by atoms with Gasteiger partial charge in [-0.25, -0.2) is 19.2 Å². The Kier molecular flexibility index (Phi) is 50.0. The van der Waals surface area contributed by atoms with Crippen molar-refractivity contribution >= 4 is 23.9 Å². The maximum absolute atomic E-state index is 11.1. The molecule has 0 unspecified atom stereocenters. The van der Waals surface area contributed by atoms with Crippen LogP contribution in [0.5, 0.6) is 0 Å². The summed E-state index contributed by atoms with van der Waals surface area (Å²) in [5.41, 5.74) is 1.88. The Morgan fingerprint density at radius 2 is 0.527 bits per heavy atom. The topological polar surface area (TPSA) is 105 Å². The van der Waals surface area contributed by atoms with Crippen LogP contribution in [0, 0.1) is 0 Å². The first-order valence-corrected chi connectivity index (χ1v) is 21.4. The fourth-order valence-corrected chi connectivity index (χ4v) is 4.72. The molecule has 0 aliphatic heterocycles. The fourth-order valence-electron chi connectivity index (χ4n) is 4.72. The molecule has 0 spiro atoms. The minimum Gasteiger partial charge on any atom is -0.466 e. The SMILES string of the molecule is C=C(C)C(=O)OC.C=C(C)C(=O)OCCCC.C=C(C)C(=O)OCCCCCCCCCCCC.C=C(C)C(=O)OCCCCCCCCCCCCCC. The number of esters is 4. The summed E-state index contributed by atoms with van der Waals surface area (Å²) in [6.45, 7) is 28.7. The first-order chi connectivity index (χ1) is 26.2. The highest BCUT2D eigenvalue weighted by Crippen LogP contribution is 2.13. The average molecular weight is 779 g/mol. The number of methoxy groups -OCH3 is 1. The molecule has 0 amide bonds. The molecule has 0 saturated carbocycles. The van der Waals surface area contributed by atoms with E-state index in [2.05, 4.69) is 51.8 Å². The Hall–Kier alpha value is -3.16. The van der Waals surface area contributed by atoms with Gasteiger partial charge in [0.05, 0.1) is 26.9 Å². The van der Waals surface area contributed by atoms with Crippen LogP contribution in [0.15, 0.2) is 48.6 Å². The van der Waals surface area contributed by atoms with Gasteiger partial charge in [0.15, 0.2) is 0 Å². The second-order valence-corrected chi connectivity index (χ2v) is 14.4. The second-order valence-electron chi connectivity index (χ2n) is 14.4. The van der Waals surface area contributed by atoms with Crippen molar-refractivity contribution in [2.45, 2.75) is 203 Å². The number of hydrogen-bond acceptors (Lipinski definition) is 8. The molecule has 0 aromatic carbocycles. The van der Waals surface area contributed by atoms with E-state index in [-0.39, 0.29) is 23.9 Å². The number of rotatable bonds is 31. The number of hydrogen-bond donors (Lipinski definition) is 0. The lowest BCUT2D eigenvalue weighted by atomic mass is 10.1. The maximum Gasteiger partial charge on any atom is 0.333 e. The Labute approximate surface area is 339 Å². The van der Waals surface area contributed by atoms with Crippen LogP contribution in [0.1, 0.15) is 203 Å². The van der Waals surface area contributed by atoms with Crippen molar-refractivity contribution in [2.24, 2.45) is 0 Å². The molecule has 0 N–H and O–H groups in total. The monoisotopic (exact) mass is 779 g/mol. The van der Waals surface area contributed by atoms with E-state index >= 15 is 0 Å². The van der Waals surface area contributed by atoms with Gasteiger partial charge in [-0.15, -0.1) is 0 Å². The maximum atomic E-state index is 11.1. The summed E-state index contributed by atoms with van der Waals surface area (Å²) in [6, 6.07) is 0. The lowest BCUT2D eigenvalue weighted by Crippen LogP contribution is -2.05. The quantitative estimate of drug-likeness (QED) is 0.0296. The van der Waals surface area contributed by atoms with Crippen molar-refractivity contribution in [3.63, 3.8) is 0 Å². The Morgan fingerprint density at radius 3 is 0.709 bits per heavy atom. The molecule has 0 atom stereocenters. The Balaban J connectivity index is -0.000000338. The minimum absolute atomic E-state index is 0.256. The van der Waals surface area contributed by atoms with Crippen LogP contribution >= 0.6 is 0 Å². The number of carbonyl (C=O) groups excluding carboxylic acids is 4. The number of carbonyl (C=O) groups is 4. The third-order valence-corrected chi connectivity index (χ3v) is 8.27. The smallest absolute Gasteiger partial charge is 0.333 e. The average Bonchev–Trinajstić information content (AvgIpc) is 3.15. The van der Waals surface area contributed by atoms with Gasteiger partial charge in [-0.2, -0.15) is 0 Å². The third-order valence-electron chi connectivity index (χ3n) is 8.27. The molecule has 322 valence electrons. The second kappa shape index (κ2) is 47.0. The summed E-state index contributed by atoms with van der Waals surface area (Å²) in [4.78, 5) is 43.1. The fraction of sp³-hybridized carbons (Fsp3) is 0.745. The first kappa shape index (κ1) is 58.5. The molecule has 0 bridgehead atoms. The van der Waals surface area contributed by atoms with Crippen LogP contribution in [0.4, 0.5) is 0 Å². The molecule has 0 radical (unpaired) electrons. The van der Waals surface area contributed by atoms with Crippen molar-refractivity contribution in [1.82, 2.24) is 0 Å². The molecule has 0 aromatic heterocycles. The van der Waals surface area contributed by atoms with Gasteiger partial charge in [0.2, 0.25) is 0 Å². The molecule has 0 heterocycles. The van der Waals surface area contributed by atoms with E-state index < -0.39 is 0 Å². The van der Waals surface area contributed by atoms with Crippen LogP contribution in [0.3, 0.4) is 0 Å². The van der Waals surface area contributed by atoms with Crippen LogP contribution in [0.2, 0.25) is 0 Å². The molecule has 0 rings (SSSR count). The van der Waals surface area contributed by atoms with Gasteiger partial charge in [-0.1, -0.05) is 182 Å². The van der Waals surface area contributed by atoms with E-state index in [1.54, 1.807) is 27.7 Å². The molecule has 0 aliphatic rings. The highest BCUT2D eigenvalue weighted by atomic mass is 16.5. The van der Waals surface area contributed by atoms with E-state index in [0.717, 1.165) is 25.7 Å². The Bertz CT molecular complexity index is 997. The van der Waals surface area contributed by atoms with Gasteiger partial charge in [-0.3, -0.25) is 0 Å². The molecule has 0 aliphatic carbocycles. The van der Waals surface area contributed by atoms with Crippen molar-refractivity contribution in [3.8, 4) is 0 Å². The van der Waals surface area contributed by atoms with Gasteiger partial charge in [0.25, 0.3) is 0 Å². The van der Waals surface area contributed by atoms with Crippen molar-refractivity contribution in [1.29, 1.82) is 0 Å². The molecule has 55 heavy (non-hydrogen) atoms. The summed E-state index contributed by atoms with van der Waals surface area (Å²) < 4.78 is 19.2. The van der Waals surface area contributed by atoms with E-state index in [1.165, 1.54) is 136 Å². The predicted molar refractivity (Wildman–Crippen MR) is 232 cm³/mol. The van der Waals surface area contributed by atoms with E-state index in [0.29, 0.717) is 42.1 Å². The molecule has 0 aromatic rings. The highest BCUT2D eigenvalue weighted by molar-refractivity contribution is 5.88. The summed E-state index contributed by atoms with van der Waals surface area (Å²) in [6.07, 6.45) is 30.8. The summed E-state index contributed by atoms with van der Waals surface area (Å²) >= 11 is 0. The van der Waals surface area contributed by atoms with Gasteiger partial charge in [0, 0.05) is 22.3 Å². The standard InChI is InChI=1S/C18H34O2.C16H30O2.C8H14O2.C5H8O2/c1-4-5-6-7-8-9-10-11-12-13-14-15-16-20-18(19)17(2)3;1-4-5-6-7-8-9-10-11-12-13-14-18-16(17)15(2)3;1-4-5-6-10-8(9)7(2)3;1-4(2)5(6)7-3/h2,4-16H2,1,3H3;2,4-14H2,1,3H3;2,4-6H2,1,3H3;1H2,2-3H3. The zero-order valence-electron chi connectivity index (χ0n) is 37.2. The zero-order chi connectivity index (χ0) is 42.5.